The van der Waals surface area contributed by atoms with Gasteiger partial charge in [-0.25, -0.2) is 4.98 Å². The van der Waals surface area contributed by atoms with Crippen LogP contribution < -0.4 is 0 Å². The van der Waals surface area contributed by atoms with E-state index in [1.807, 2.05) is 0 Å². The Labute approximate surface area is 180 Å². The first-order chi connectivity index (χ1) is 14.4. The highest BCUT2D eigenvalue weighted by molar-refractivity contribution is 6.35. The van der Waals surface area contributed by atoms with Crippen molar-refractivity contribution in [1.29, 1.82) is 0 Å². The Morgan fingerprint density at radius 1 is 0.839 bits per heavy atom. The van der Waals surface area contributed by atoms with Gasteiger partial charge in [0.15, 0.2) is 0 Å². The minimum Gasteiger partial charge on any atom is -0.338 e. The number of hydrogen-bond acceptors (Lipinski definition) is 2. The average molecular weight is 476 g/mol. The Balaban J connectivity index is 1.80. The van der Waals surface area contributed by atoms with E-state index >= 15 is 0 Å². The SMILES string of the molecule is FC(F)(F)c1cc(Cl)c2nc(-c3ccc(-c4ncccc4C(F)(F)F)cc3Cl)[nH]c2c1. The van der Waals surface area contributed by atoms with Crippen molar-refractivity contribution in [3.8, 4) is 22.6 Å². The van der Waals surface area contributed by atoms with E-state index in [0.29, 0.717) is 0 Å². The molecule has 4 aromatic rings. The summed E-state index contributed by atoms with van der Waals surface area (Å²) in [4.78, 5) is 10.7. The molecule has 0 fully saturated rings. The van der Waals surface area contributed by atoms with Crippen LogP contribution in [-0.2, 0) is 12.4 Å². The summed E-state index contributed by atoms with van der Waals surface area (Å²) >= 11 is 12.2. The maximum atomic E-state index is 13.3. The molecule has 0 bridgehead atoms. The number of H-pyrrole nitrogens is 1. The van der Waals surface area contributed by atoms with Gasteiger partial charge in [0.25, 0.3) is 0 Å². The molecule has 0 saturated heterocycles. The lowest BCUT2D eigenvalue weighted by molar-refractivity contribution is -0.138. The number of rotatable bonds is 2. The predicted octanol–water partition coefficient (Wildman–Crippen LogP) is 7.64. The summed E-state index contributed by atoms with van der Waals surface area (Å²) in [7, 11) is 0. The molecule has 0 saturated carbocycles. The number of fused-ring (bicyclic) bond motifs is 1. The monoisotopic (exact) mass is 475 g/mol. The Morgan fingerprint density at radius 3 is 2.23 bits per heavy atom. The van der Waals surface area contributed by atoms with Gasteiger partial charge in [0.1, 0.15) is 11.3 Å². The zero-order valence-corrected chi connectivity index (χ0v) is 16.5. The topological polar surface area (TPSA) is 41.6 Å². The van der Waals surface area contributed by atoms with Crippen molar-refractivity contribution >= 4 is 34.2 Å². The fourth-order valence-electron chi connectivity index (χ4n) is 3.09. The number of nitrogens with one attached hydrogen (secondary N) is 1. The number of hydrogen-bond donors (Lipinski definition) is 1. The van der Waals surface area contributed by atoms with E-state index in [9.17, 15) is 26.3 Å². The largest absolute Gasteiger partial charge is 0.418 e. The van der Waals surface area contributed by atoms with Gasteiger partial charge >= 0.3 is 12.4 Å². The normalized spacial score (nSPS) is 12.5. The van der Waals surface area contributed by atoms with Crippen LogP contribution in [0.3, 0.4) is 0 Å². The lowest BCUT2D eigenvalue weighted by Crippen LogP contribution is -2.08. The number of halogens is 8. The van der Waals surface area contributed by atoms with E-state index in [-0.39, 0.29) is 43.7 Å². The van der Waals surface area contributed by atoms with Crippen LogP contribution in [0.1, 0.15) is 11.1 Å². The summed E-state index contributed by atoms with van der Waals surface area (Å²) in [6.07, 6.45) is -7.98. The zero-order valence-electron chi connectivity index (χ0n) is 15.0. The van der Waals surface area contributed by atoms with Gasteiger partial charge in [-0.15, -0.1) is 0 Å². The second-order valence-electron chi connectivity index (χ2n) is 6.53. The quantitative estimate of drug-likeness (QED) is 0.302. The molecule has 0 atom stereocenters. The second kappa shape index (κ2) is 7.42. The van der Waals surface area contributed by atoms with Crippen molar-refractivity contribution in [1.82, 2.24) is 15.0 Å². The second-order valence-corrected chi connectivity index (χ2v) is 7.34. The summed E-state index contributed by atoms with van der Waals surface area (Å²) in [6.45, 7) is 0. The molecular weight excluding hydrogens is 467 g/mol. The van der Waals surface area contributed by atoms with Gasteiger partial charge in [-0.2, -0.15) is 26.3 Å². The summed E-state index contributed by atoms with van der Waals surface area (Å²) in [5.41, 5.74) is -1.63. The van der Waals surface area contributed by atoms with E-state index in [1.54, 1.807) is 0 Å². The average Bonchev–Trinajstić information content (AvgIpc) is 3.11. The van der Waals surface area contributed by atoms with Gasteiger partial charge in [0.2, 0.25) is 0 Å². The highest BCUT2D eigenvalue weighted by Gasteiger charge is 2.34. The molecule has 11 heteroatoms. The number of nitrogens with zero attached hydrogens (tertiary/aromatic N) is 2. The fraction of sp³-hybridized carbons (Fsp3) is 0.100. The number of pyridine rings is 1. The van der Waals surface area contributed by atoms with Crippen LogP contribution in [0.15, 0.2) is 48.7 Å². The minimum atomic E-state index is -4.61. The highest BCUT2D eigenvalue weighted by atomic mass is 35.5. The van der Waals surface area contributed by atoms with E-state index in [2.05, 4.69) is 15.0 Å². The van der Waals surface area contributed by atoms with Crippen molar-refractivity contribution in [2.45, 2.75) is 12.4 Å². The molecule has 0 aliphatic rings. The van der Waals surface area contributed by atoms with Gasteiger partial charge in [-0.05, 0) is 36.4 Å². The molecule has 2 aromatic carbocycles. The maximum absolute atomic E-state index is 13.3. The first kappa shape index (κ1) is 21.5. The number of aromatic nitrogens is 3. The molecule has 4 rings (SSSR count). The van der Waals surface area contributed by atoms with Crippen LogP contribution in [0.2, 0.25) is 10.0 Å². The Morgan fingerprint density at radius 2 is 1.58 bits per heavy atom. The minimum absolute atomic E-state index is 0.0301. The predicted molar refractivity (Wildman–Crippen MR) is 105 cm³/mol. The first-order valence-corrected chi connectivity index (χ1v) is 9.29. The van der Waals surface area contributed by atoms with Crippen LogP contribution in [0, 0.1) is 0 Å². The molecule has 0 radical (unpaired) electrons. The third kappa shape index (κ3) is 4.07. The number of aromatic amines is 1. The molecule has 31 heavy (non-hydrogen) atoms. The lowest BCUT2D eigenvalue weighted by atomic mass is 10.0. The van der Waals surface area contributed by atoms with E-state index in [4.69, 9.17) is 23.2 Å². The van der Waals surface area contributed by atoms with Gasteiger partial charge < -0.3 is 4.98 Å². The molecule has 160 valence electrons. The summed E-state index contributed by atoms with van der Waals surface area (Å²) in [5.74, 6) is 0.116. The Hall–Kier alpha value is -2.78. The Bertz CT molecular complexity index is 1290. The lowest BCUT2D eigenvalue weighted by Gasteiger charge is -2.12. The molecule has 3 nitrogen and oxygen atoms in total. The van der Waals surface area contributed by atoms with Crippen LogP contribution in [-0.4, -0.2) is 15.0 Å². The van der Waals surface area contributed by atoms with Crippen LogP contribution >= 0.6 is 23.2 Å². The van der Waals surface area contributed by atoms with E-state index in [1.165, 1.54) is 30.5 Å². The van der Waals surface area contributed by atoms with Gasteiger partial charge in [0.05, 0.1) is 32.4 Å². The Kier molecular flexibility index (Phi) is 5.13. The molecule has 2 heterocycles. The van der Waals surface area contributed by atoms with Crippen LogP contribution in [0.4, 0.5) is 26.3 Å². The maximum Gasteiger partial charge on any atom is 0.418 e. The highest BCUT2D eigenvalue weighted by Crippen LogP contribution is 2.39. The molecule has 0 aliphatic carbocycles. The van der Waals surface area contributed by atoms with E-state index in [0.717, 1.165) is 18.2 Å². The molecular formula is C20H9Cl2F6N3. The number of imidazole rings is 1. The molecule has 0 unspecified atom stereocenters. The summed E-state index contributed by atoms with van der Waals surface area (Å²) in [5, 5.41) is -0.175. The van der Waals surface area contributed by atoms with Crippen molar-refractivity contribution in [3.63, 3.8) is 0 Å². The molecule has 2 aromatic heterocycles. The smallest absolute Gasteiger partial charge is 0.338 e. The fourth-order valence-corrected chi connectivity index (χ4v) is 3.62. The first-order valence-electron chi connectivity index (χ1n) is 8.54. The van der Waals surface area contributed by atoms with Crippen molar-refractivity contribution in [3.05, 3.63) is 69.8 Å². The molecule has 0 aliphatic heterocycles. The molecule has 0 amide bonds. The van der Waals surface area contributed by atoms with E-state index < -0.39 is 23.5 Å². The summed E-state index contributed by atoms with van der Waals surface area (Å²) in [6, 6.07) is 7.77. The molecule has 0 spiro atoms. The third-order valence-electron chi connectivity index (χ3n) is 4.48. The van der Waals surface area contributed by atoms with Crippen LogP contribution in [0.25, 0.3) is 33.7 Å². The standard InChI is InChI=1S/C20H9Cl2F6N3/c21-13-6-9(16-12(20(26,27)28)2-1-5-29-16)3-4-11(13)18-30-15-8-10(19(23,24)25)7-14(22)17(15)31-18/h1-8H,(H,30,31). The van der Waals surface area contributed by atoms with Crippen molar-refractivity contribution in [2.75, 3.05) is 0 Å². The van der Waals surface area contributed by atoms with Gasteiger partial charge in [-0.1, -0.05) is 29.3 Å². The number of benzene rings is 2. The van der Waals surface area contributed by atoms with Crippen molar-refractivity contribution in [2.24, 2.45) is 0 Å². The third-order valence-corrected chi connectivity index (χ3v) is 5.08. The molecule has 1 N–H and O–H groups in total. The van der Waals surface area contributed by atoms with Gasteiger partial charge in [-0.3, -0.25) is 4.98 Å². The number of alkyl halides is 6. The summed E-state index contributed by atoms with van der Waals surface area (Å²) < 4.78 is 78.8. The van der Waals surface area contributed by atoms with Crippen molar-refractivity contribution < 1.29 is 26.3 Å². The van der Waals surface area contributed by atoms with Crippen LogP contribution in [0.5, 0.6) is 0 Å². The van der Waals surface area contributed by atoms with Gasteiger partial charge in [0, 0.05) is 17.3 Å². The zero-order chi connectivity index (χ0) is 22.6.